The van der Waals surface area contributed by atoms with Gasteiger partial charge in [-0.15, -0.1) is 5.10 Å². The third kappa shape index (κ3) is 5.52. The molecular weight excluding hydrogens is 502 g/mol. The summed E-state index contributed by atoms with van der Waals surface area (Å²) in [5.74, 6) is -2.61. The molecule has 0 fully saturated rings. The van der Waals surface area contributed by atoms with Crippen LogP contribution in [0.3, 0.4) is 0 Å². The summed E-state index contributed by atoms with van der Waals surface area (Å²) in [5, 5.41) is 21.3. The number of hydroxylamine groups is 2. The van der Waals surface area contributed by atoms with E-state index in [4.69, 9.17) is 11.6 Å². The second kappa shape index (κ2) is 10.1. The summed E-state index contributed by atoms with van der Waals surface area (Å²) in [7, 11) is 0. The standard InChI is InChI=1S/C25H23ClF2N8O/c1-16-11-22(30-15-25(27,28)21-6-2-3-10-35(21)37)36-24(31-16)33-23(34-36)32-20-13-19(26)8-7-18(20)12-17-5-4-9-29-14-17/h2-9,11,13-14,30,37H,10,12,15H2,1H3,(H,32,34). The van der Waals surface area contributed by atoms with Gasteiger partial charge in [0.05, 0.1) is 13.1 Å². The maximum atomic E-state index is 14.8. The molecule has 0 aliphatic carbocycles. The predicted octanol–water partition coefficient (Wildman–Crippen LogP) is 5.01. The molecule has 9 nitrogen and oxygen atoms in total. The van der Waals surface area contributed by atoms with Crippen LogP contribution in [0.4, 0.5) is 26.2 Å². The zero-order chi connectivity index (χ0) is 26.0. The lowest BCUT2D eigenvalue weighted by atomic mass is 10.0. The van der Waals surface area contributed by atoms with E-state index in [0.29, 0.717) is 27.9 Å². The molecule has 0 spiro atoms. The molecule has 4 aromatic rings. The summed E-state index contributed by atoms with van der Waals surface area (Å²) in [6.07, 6.45) is 8.35. The number of alkyl halides is 2. The van der Waals surface area contributed by atoms with Gasteiger partial charge in [0, 0.05) is 41.3 Å². The number of anilines is 3. The summed E-state index contributed by atoms with van der Waals surface area (Å²) in [5.41, 5.74) is 2.74. The Bertz CT molecular complexity index is 1490. The first-order chi connectivity index (χ1) is 17.8. The van der Waals surface area contributed by atoms with Crippen molar-refractivity contribution in [3.63, 3.8) is 0 Å². The quantitative estimate of drug-likeness (QED) is 0.296. The molecule has 3 aromatic heterocycles. The van der Waals surface area contributed by atoms with Crippen molar-refractivity contribution in [2.24, 2.45) is 0 Å². The monoisotopic (exact) mass is 524 g/mol. The zero-order valence-corrected chi connectivity index (χ0v) is 20.5. The summed E-state index contributed by atoms with van der Waals surface area (Å²) in [4.78, 5) is 13.0. The summed E-state index contributed by atoms with van der Waals surface area (Å²) in [6, 6.07) is 10.9. The SMILES string of the molecule is Cc1cc(NCC(F)(F)C2=CC=CCN2O)n2nc(Nc3cc(Cl)ccc3Cc3cccnc3)nc2n1. The van der Waals surface area contributed by atoms with Gasteiger partial charge >= 0.3 is 5.92 Å². The van der Waals surface area contributed by atoms with Gasteiger partial charge in [-0.3, -0.25) is 15.3 Å². The van der Waals surface area contributed by atoms with Crippen molar-refractivity contribution >= 4 is 34.8 Å². The number of halogens is 3. The van der Waals surface area contributed by atoms with Crippen LogP contribution in [0.2, 0.25) is 5.02 Å². The first-order valence-electron chi connectivity index (χ1n) is 11.4. The van der Waals surface area contributed by atoms with Gasteiger partial charge in [-0.05, 0) is 42.3 Å². The van der Waals surface area contributed by atoms with Gasteiger partial charge in [0.25, 0.3) is 5.78 Å². The number of pyridine rings is 1. The Morgan fingerprint density at radius 2 is 2.05 bits per heavy atom. The lowest BCUT2D eigenvalue weighted by molar-refractivity contribution is -0.0982. The first kappa shape index (κ1) is 24.6. The number of aryl methyl sites for hydroxylation is 1. The summed E-state index contributed by atoms with van der Waals surface area (Å²) in [6.45, 7) is 0.955. The average Bonchev–Trinajstić information content (AvgIpc) is 3.27. The lowest BCUT2D eigenvalue weighted by Crippen LogP contribution is -2.39. The molecule has 5 rings (SSSR count). The van der Waals surface area contributed by atoms with Gasteiger partial charge in [0.2, 0.25) is 5.95 Å². The predicted molar refractivity (Wildman–Crippen MR) is 136 cm³/mol. The molecule has 0 amide bonds. The zero-order valence-electron chi connectivity index (χ0n) is 19.7. The highest BCUT2D eigenvalue weighted by Crippen LogP contribution is 2.29. The molecule has 0 unspecified atom stereocenters. The van der Waals surface area contributed by atoms with Crippen LogP contribution in [0.25, 0.3) is 5.78 Å². The fraction of sp³-hybridized carbons (Fsp3) is 0.200. The van der Waals surface area contributed by atoms with E-state index in [-0.39, 0.29) is 24.1 Å². The topological polar surface area (TPSA) is 104 Å². The Kier molecular flexibility index (Phi) is 6.72. The molecule has 1 aliphatic heterocycles. The highest BCUT2D eigenvalue weighted by molar-refractivity contribution is 6.30. The Morgan fingerprint density at radius 1 is 1.19 bits per heavy atom. The molecule has 0 bridgehead atoms. The second-order valence-corrected chi connectivity index (χ2v) is 8.95. The third-order valence-corrected chi connectivity index (χ3v) is 5.92. The van der Waals surface area contributed by atoms with E-state index in [1.165, 1.54) is 16.7 Å². The number of allylic oxidation sites excluding steroid dienone is 2. The Balaban J connectivity index is 1.41. The maximum Gasteiger partial charge on any atom is 0.306 e. The smallest absolute Gasteiger partial charge is 0.306 e. The largest absolute Gasteiger partial charge is 0.363 e. The fourth-order valence-electron chi connectivity index (χ4n) is 3.94. The van der Waals surface area contributed by atoms with Crippen molar-refractivity contribution in [2.45, 2.75) is 19.3 Å². The Labute approximate surface area is 216 Å². The molecule has 0 saturated carbocycles. The van der Waals surface area contributed by atoms with E-state index >= 15 is 0 Å². The lowest BCUT2D eigenvalue weighted by Gasteiger charge is -2.28. The van der Waals surface area contributed by atoms with Crippen LogP contribution >= 0.6 is 11.6 Å². The molecule has 1 aromatic carbocycles. The van der Waals surface area contributed by atoms with Crippen LogP contribution in [0.15, 0.2) is 72.7 Å². The molecule has 0 atom stereocenters. The normalized spacial score (nSPS) is 13.6. The number of nitrogens with zero attached hydrogens (tertiary/aromatic N) is 6. The van der Waals surface area contributed by atoms with Gasteiger partial charge in [0.15, 0.2) is 0 Å². The number of nitrogens with one attached hydrogen (secondary N) is 2. The molecule has 37 heavy (non-hydrogen) atoms. The molecule has 0 saturated heterocycles. The van der Waals surface area contributed by atoms with Crippen molar-refractivity contribution in [1.82, 2.24) is 29.6 Å². The molecule has 4 heterocycles. The van der Waals surface area contributed by atoms with Gasteiger partial charge in [-0.1, -0.05) is 35.9 Å². The number of rotatable bonds is 8. The Morgan fingerprint density at radius 3 is 2.84 bits per heavy atom. The Hall–Kier alpha value is -4.09. The fourth-order valence-corrected chi connectivity index (χ4v) is 4.11. The highest BCUT2D eigenvalue weighted by atomic mass is 35.5. The third-order valence-electron chi connectivity index (χ3n) is 5.69. The summed E-state index contributed by atoms with van der Waals surface area (Å²) < 4.78 is 31.0. The van der Waals surface area contributed by atoms with Crippen LogP contribution in [-0.4, -0.2) is 53.8 Å². The number of hydrogen-bond acceptors (Lipinski definition) is 8. The molecular formula is C25H23ClF2N8O. The number of benzene rings is 1. The van der Waals surface area contributed by atoms with Crippen molar-refractivity contribution in [3.8, 4) is 0 Å². The minimum Gasteiger partial charge on any atom is -0.363 e. The van der Waals surface area contributed by atoms with Crippen molar-refractivity contribution in [3.05, 3.63) is 94.6 Å². The van der Waals surface area contributed by atoms with E-state index in [0.717, 1.165) is 11.1 Å². The molecule has 3 N–H and O–H groups in total. The number of hydrogen-bond donors (Lipinski definition) is 3. The highest BCUT2D eigenvalue weighted by Gasteiger charge is 2.38. The average molecular weight is 525 g/mol. The van der Waals surface area contributed by atoms with Crippen LogP contribution in [-0.2, 0) is 6.42 Å². The van der Waals surface area contributed by atoms with Crippen LogP contribution in [0.1, 0.15) is 16.8 Å². The number of aromatic nitrogens is 5. The van der Waals surface area contributed by atoms with E-state index < -0.39 is 18.2 Å². The van der Waals surface area contributed by atoms with Crippen LogP contribution in [0.5, 0.6) is 0 Å². The van der Waals surface area contributed by atoms with E-state index in [1.807, 2.05) is 18.2 Å². The molecule has 12 heteroatoms. The van der Waals surface area contributed by atoms with E-state index in [9.17, 15) is 14.0 Å². The minimum absolute atomic E-state index is 0.00951. The van der Waals surface area contributed by atoms with Gasteiger partial charge in [0.1, 0.15) is 11.5 Å². The molecule has 0 radical (unpaired) electrons. The van der Waals surface area contributed by atoms with Crippen molar-refractivity contribution in [2.75, 3.05) is 23.7 Å². The maximum absolute atomic E-state index is 14.8. The van der Waals surface area contributed by atoms with Crippen LogP contribution in [0, 0.1) is 6.92 Å². The number of fused-ring (bicyclic) bond motifs is 1. The van der Waals surface area contributed by atoms with E-state index in [2.05, 4.69) is 30.7 Å². The van der Waals surface area contributed by atoms with Gasteiger partial charge in [-0.25, -0.2) is 4.98 Å². The second-order valence-electron chi connectivity index (χ2n) is 8.51. The van der Waals surface area contributed by atoms with Gasteiger partial charge in [-0.2, -0.15) is 18.3 Å². The first-order valence-corrected chi connectivity index (χ1v) is 11.8. The van der Waals surface area contributed by atoms with Crippen molar-refractivity contribution < 1.29 is 14.0 Å². The van der Waals surface area contributed by atoms with Gasteiger partial charge < -0.3 is 10.6 Å². The molecule has 190 valence electrons. The minimum atomic E-state index is -3.34. The van der Waals surface area contributed by atoms with Crippen LogP contribution < -0.4 is 10.6 Å². The summed E-state index contributed by atoms with van der Waals surface area (Å²) >= 11 is 6.25. The molecule has 1 aliphatic rings. The van der Waals surface area contributed by atoms with Crippen molar-refractivity contribution in [1.29, 1.82) is 0 Å². The van der Waals surface area contributed by atoms with E-state index in [1.54, 1.807) is 43.6 Å².